The van der Waals surface area contributed by atoms with Gasteiger partial charge in [0.2, 0.25) is 11.8 Å². The molecule has 20 heavy (non-hydrogen) atoms. The van der Waals surface area contributed by atoms with Gasteiger partial charge in [-0.15, -0.1) is 0 Å². The number of nitrogens with zero attached hydrogens (tertiary/aromatic N) is 1. The van der Waals surface area contributed by atoms with E-state index in [0.717, 1.165) is 10.2 Å². The molecule has 1 aliphatic rings. The molecule has 0 saturated carbocycles. The molecule has 0 spiro atoms. The van der Waals surface area contributed by atoms with Crippen LogP contribution in [0.3, 0.4) is 0 Å². The molecule has 1 aliphatic heterocycles. The highest BCUT2D eigenvalue weighted by molar-refractivity contribution is 9.10. The van der Waals surface area contributed by atoms with Gasteiger partial charge in [-0.3, -0.25) is 9.59 Å². The molecule has 1 atom stereocenters. The summed E-state index contributed by atoms with van der Waals surface area (Å²) in [6.45, 7) is 4.22. The first kappa shape index (κ1) is 15.3. The van der Waals surface area contributed by atoms with E-state index in [2.05, 4.69) is 21.2 Å². The van der Waals surface area contributed by atoms with Crippen LogP contribution in [-0.2, 0) is 9.59 Å². The lowest BCUT2D eigenvalue weighted by molar-refractivity contribution is -0.126. The summed E-state index contributed by atoms with van der Waals surface area (Å²) in [6, 6.07) is 4.84. The first-order valence-corrected chi connectivity index (χ1v) is 7.63. The summed E-state index contributed by atoms with van der Waals surface area (Å²) in [7, 11) is 0. The van der Waals surface area contributed by atoms with E-state index in [9.17, 15) is 9.59 Å². The number of hydrogen-bond donors (Lipinski definition) is 1. The maximum Gasteiger partial charge on any atom is 0.249 e. The normalized spacial score (nSPS) is 20.1. The molecule has 0 radical (unpaired) electrons. The van der Waals surface area contributed by atoms with E-state index in [1.807, 2.05) is 13.8 Å². The number of hydrogen-bond acceptors (Lipinski definition) is 2. The van der Waals surface area contributed by atoms with Gasteiger partial charge in [-0.25, -0.2) is 0 Å². The fraction of sp³-hybridized carbons (Fsp3) is 0.429. The van der Waals surface area contributed by atoms with Gasteiger partial charge in [0.05, 0.1) is 5.02 Å². The lowest BCUT2D eigenvalue weighted by Crippen LogP contribution is -2.47. The lowest BCUT2D eigenvalue weighted by Gasteiger charge is -2.26. The summed E-state index contributed by atoms with van der Waals surface area (Å²) in [5.74, 6) is -0.129. The van der Waals surface area contributed by atoms with Crippen molar-refractivity contribution in [2.45, 2.75) is 26.3 Å². The van der Waals surface area contributed by atoms with Crippen molar-refractivity contribution in [3.05, 3.63) is 27.7 Å². The van der Waals surface area contributed by atoms with Gasteiger partial charge in [0.1, 0.15) is 6.04 Å². The van der Waals surface area contributed by atoms with Crippen LogP contribution >= 0.6 is 27.5 Å². The minimum atomic E-state index is -0.487. The zero-order chi connectivity index (χ0) is 14.9. The van der Waals surface area contributed by atoms with E-state index >= 15 is 0 Å². The van der Waals surface area contributed by atoms with Crippen molar-refractivity contribution in [1.82, 2.24) is 5.32 Å². The predicted molar refractivity (Wildman–Crippen MR) is 82.9 cm³/mol. The highest BCUT2D eigenvalue weighted by Crippen LogP contribution is 2.29. The predicted octanol–water partition coefficient (Wildman–Crippen LogP) is 2.98. The Morgan fingerprint density at radius 1 is 1.40 bits per heavy atom. The molecule has 0 aliphatic carbocycles. The van der Waals surface area contributed by atoms with E-state index < -0.39 is 6.04 Å². The van der Waals surface area contributed by atoms with Crippen LogP contribution in [0.2, 0.25) is 5.02 Å². The third kappa shape index (κ3) is 3.15. The summed E-state index contributed by atoms with van der Waals surface area (Å²) in [6.07, 6.45) is 0.301. The highest BCUT2D eigenvalue weighted by atomic mass is 79.9. The standard InChI is InChI=1S/C14H16BrClN2O2/c1-8(2)13-14(20)18(6-5-12(19)17-13)9-3-4-11(16)10(15)7-9/h3-4,7-8,13H,5-6H2,1-2H3,(H,17,19). The van der Waals surface area contributed by atoms with Crippen LogP contribution in [0.4, 0.5) is 5.69 Å². The minimum absolute atomic E-state index is 0.0443. The molecule has 1 aromatic rings. The maximum absolute atomic E-state index is 12.6. The molecule has 1 saturated heterocycles. The van der Waals surface area contributed by atoms with Gasteiger partial charge in [-0.2, -0.15) is 0 Å². The van der Waals surface area contributed by atoms with Crippen molar-refractivity contribution >= 4 is 45.0 Å². The lowest BCUT2D eigenvalue weighted by atomic mass is 10.0. The third-order valence-electron chi connectivity index (χ3n) is 3.29. The maximum atomic E-state index is 12.6. The van der Waals surface area contributed by atoms with E-state index in [0.29, 0.717) is 18.0 Å². The Bertz CT molecular complexity index is 548. The van der Waals surface area contributed by atoms with Crippen molar-refractivity contribution in [2.75, 3.05) is 11.4 Å². The molecule has 2 rings (SSSR count). The van der Waals surface area contributed by atoms with Gasteiger partial charge in [-0.1, -0.05) is 25.4 Å². The molecular weight excluding hydrogens is 344 g/mol. The summed E-state index contributed by atoms with van der Waals surface area (Å²) >= 11 is 9.33. The summed E-state index contributed by atoms with van der Waals surface area (Å²) in [4.78, 5) is 26.0. The number of anilines is 1. The van der Waals surface area contributed by atoms with Crippen LogP contribution in [-0.4, -0.2) is 24.4 Å². The van der Waals surface area contributed by atoms with Gasteiger partial charge < -0.3 is 10.2 Å². The summed E-state index contributed by atoms with van der Waals surface area (Å²) in [5.41, 5.74) is 0.744. The SMILES string of the molecule is CC(C)C1NC(=O)CCN(c2ccc(Cl)c(Br)c2)C1=O. The first-order valence-electron chi connectivity index (χ1n) is 6.46. The molecule has 1 unspecified atom stereocenters. The van der Waals surface area contributed by atoms with E-state index in [4.69, 9.17) is 11.6 Å². The van der Waals surface area contributed by atoms with E-state index in [-0.39, 0.29) is 17.7 Å². The smallest absolute Gasteiger partial charge is 0.249 e. The molecule has 1 heterocycles. The summed E-state index contributed by atoms with van der Waals surface area (Å²) in [5, 5.41) is 3.37. The number of halogens is 2. The van der Waals surface area contributed by atoms with Crippen molar-refractivity contribution in [2.24, 2.45) is 5.92 Å². The van der Waals surface area contributed by atoms with Gasteiger partial charge in [0.25, 0.3) is 0 Å². The topological polar surface area (TPSA) is 49.4 Å². The largest absolute Gasteiger partial charge is 0.344 e. The van der Waals surface area contributed by atoms with Crippen molar-refractivity contribution in [1.29, 1.82) is 0 Å². The van der Waals surface area contributed by atoms with Crippen LogP contribution in [0.15, 0.2) is 22.7 Å². The molecule has 2 amide bonds. The Hall–Kier alpha value is -1.07. The van der Waals surface area contributed by atoms with Crippen molar-refractivity contribution < 1.29 is 9.59 Å². The Morgan fingerprint density at radius 3 is 2.70 bits per heavy atom. The molecule has 1 N–H and O–H groups in total. The van der Waals surface area contributed by atoms with Crippen LogP contribution in [0.25, 0.3) is 0 Å². The van der Waals surface area contributed by atoms with Crippen LogP contribution in [0.5, 0.6) is 0 Å². The van der Waals surface area contributed by atoms with Crippen LogP contribution < -0.4 is 10.2 Å². The molecule has 6 heteroatoms. The second kappa shape index (κ2) is 6.14. The number of carbonyl (C=O) groups is 2. The van der Waals surface area contributed by atoms with Gasteiger partial charge in [0, 0.05) is 23.1 Å². The average molecular weight is 360 g/mol. The molecule has 1 aromatic carbocycles. The second-order valence-electron chi connectivity index (χ2n) is 5.13. The third-order valence-corrected chi connectivity index (χ3v) is 4.51. The number of rotatable bonds is 2. The van der Waals surface area contributed by atoms with E-state index in [1.165, 1.54) is 0 Å². The number of nitrogens with one attached hydrogen (secondary N) is 1. The highest BCUT2D eigenvalue weighted by Gasteiger charge is 2.32. The Morgan fingerprint density at radius 2 is 2.10 bits per heavy atom. The fourth-order valence-electron chi connectivity index (χ4n) is 2.16. The Labute approximate surface area is 131 Å². The molecule has 0 aromatic heterocycles. The number of amides is 2. The van der Waals surface area contributed by atoms with Gasteiger partial charge >= 0.3 is 0 Å². The fourth-order valence-corrected chi connectivity index (χ4v) is 2.64. The molecule has 4 nitrogen and oxygen atoms in total. The number of benzene rings is 1. The summed E-state index contributed by atoms with van der Waals surface area (Å²) < 4.78 is 0.731. The monoisotopic (exact) mass is 358 g/mol. The van der Waals surface area contributed by atoms with Gasteiger partial charge in [0.15, 0.2) is 0 Å². The second-order valence-corrected chi connectivity index (χ2v) is 6.39. The molecule has 108 valence electrons. The van der Waals surface area contributed by atoms with Crippen LogP contribution in [0, 0.1) is 5.92 Å². The van der Waals surface area contributed by atoms with Crippen LogP contribution in [0.1, 0.15) is 20.3 Å². The van der Waals surface area contributed by atoms with Crippen molar-refractivity contribution in [3.8, 4) is 0 Å². The molecule has 0 bridgehead atoms. The first-order chi connectivity index (χ1) is 9.40. The molecular formula is C14H16BrClN2O2. The quantitative estimate of drug-likeness (QED) is 0.882. The Kier molecular flexibility index (Phi) is 4.70. The van der Waals surface area contributed by atoms with E-state index in [1.54, 1.807) is 23.1 Å². The zero-order valence-corrected chi connectivity index (χ0v) is 13.7. The Balaban J connectivity index is 2.35. The average Bonchev–Trinajstić information content (AvgIpc) is 2.53. The number of carbonyl (C=O) groups excluding carboxylic acids is 2. The van der Waals surface area contributed by atoms with Crippen molar-refractivity contribution in [3.63, 3.8) is 0 Å². The minimum Gasteiger partial charge on any atom is -0.344 e. The zero-order valence-electron chi connectivity index (χ0n) is 11.3. The molecule has 1 fully saturated rings. The van der Waals surface area contributed by atoms with Gasteiger partial charge in [-0.05, 0) is 40.0 Å².